The number of sulfonamides is 1. The molecule has 0 saturated heterocycles. The molecule has 0 aliphatic heterocycles. The average Bonchev–Trinajstić information content (AvgIpc) is 2.77. The number of anilines is 5. The molecule has 168 valence electrons. The van der Waals surface area contributed by atoms with Crippen LogP contribution >= 0.6 is 0 Å². The summed E-state index contributed by atoms with van der Waals surface area (Å²) in [6, 6.07) is 11.7. The van der Waals surface area contributed by atoms with Crippen LogP contribution < -0.4 is 20.7 Å². The van der Waals surface area contributed by atoms with E-state index >= 15 is 0 Å². The molecule has 10 heteroatoms. The van der Waals surface area contributed by atoms with Gasteiger partial charge in [-0.05, 0) is 48.9 Å². The summed E-state index contributed by atoms with van der Waals surface area (Å²) in [5.74, 6) is 4.44. The number of aryl methyl sites for hydroxylation is 1. The monoisotopic (exact) mass is 464 g/mol. The van der Waals surface area contributed by atoms with Gasteiger partial charge in [-0.25, -0.2) is 22.9 Å². The minimum absolute atomic E-state index is 0.0308. The molecule has 0 aliphatic rings. The van der Waals surface area contributed by atoms with Crippen molar-refractivity contribution < 1.29 is 12.8 Å². The number of rotatable bonds is 8. The van der Waals surface area contributed by atoms with E-state index in [9.17, 15) is 12.8 Å². The van der Waals surface area contributed by atoms with Crippen molar-refractivity contribution in [3.05, 3.63) is 60.0 Å². The molecule has 0 spiro atoms. The van der Waals surface area contributed by atoms with E-state index in [0.717, 1.165) is 11.9 Å². The van der Waals surface area contributed by atoms with E-state index in [1.54, 1.807) is 43.3 Å². The van der Waals surface area contributed by atoms with Crippen molar-refractivity contribution in [3.63, 3.8) is 0 Å². The number of halogens is 1. The largest absolute Gasteiger partial charge is 0.349 e. The van der Waals surface area contributed by atoms with Crippen molar-refractivity contribution in [2.45, 2.75) is 11.8 Å². The number of primary sulfonamides is 1. The Morgan fingerprint density at radius 2 is 1.70 bits per heavy atom. The Balaban J connectivity index is 1.80. The second-order valence-corrected chi connectivity index (χ2v) is 8.51. The van der Waals surface area contributed by atoms with Gasteiger partial charge in [0, 0.05) is 17.1 Å². The molecule has 0 saturated carbocycles. The summed E-state index contributed by atoms with van der Waals surface area (Å²) in [5.41, 5.74) is 2.29. The van der Waals surface area contributed by atoms with Crippen LogP contribution in [0.2, 0.25) is 0 Å². The summed E-state index contributed by atoms with van der Waals surface area (Å²) in [7, 11) is -3.90. The highest BCUT2D eigenvalue weighted by molar-refractivity contribution is 7.89. The van der Waals surface area contributed by atoms with E-state index in [0.29, 0.717) is 30.0 Å². The zero-order chi connectivity index (χ0) is 24.0. The van der Waals surface area contributed by atoms with Crippen molar-refractivity contribution in [1.82, 2.24) is 9.97 Å². The molecule has 33 heavy (non-hydrogen) atoms. The lowest BCUT2D eigenvalue weighted by atomic mass is 10.2. The number of nitrogens with two attached hydrogens (primary N) is 1. The molecule has 8 nitrogen and oxygen atoms in total. The Bertz CT molecular complexity index is 1330. The van der Waals surface area contributed by atoms with Gasteiger partial charge in [-0.15, -0.1) is 12.8 Å². The van der Waals surface area contributed by atoms with E-state index < -0.39 is 15.8 Å². The standard InChI is InChI=1S/C23H21FN6O2S/c1-4-12-30(13-5-2)19-10-8-17(9-11-19)27-22-20(24)15-26-23(29-22)28-18-7-6-16(3)21(14-18)33(25,31)32/h1-2,6-11,14-15H,12-13H2,3H3,(H2,25,31,32)(H2,26,27,28,29). The Hall–Kier alpha value is -4.12. The van der Waals surface area contributed by atoms with E-state index in [2.05, 4.69) is 32.4 Å². The first-order valence-electron chi connectivity index (χ1n) is 9.63. The van der Waals surface area contributed by atoms with Gasteiger partial charge in [0.25, 0.3) is 0 Å². The van der Waals surface area contributed by atoms with Crippen LogP contribution in [-0.4, -0.2) is 31.5 Å². The van der Waals surface area contributed by atoms with E-state index in [1.807, 2.05) is 4.90 Å². The SMILES string of the molecule is C#CCN(CC#C)c1ccc(Nc2nc(Nc3ccc(C)c(S(N)(=O)=O)c3)ncc2F)cc1. The Morgan fingerprint density at radius 3 is 2.30 bits per heavy atom. The fourth-order valence-corrected chi connectivity index (χ4v) is 3.79. The van der Waals surface area contributed by atoms with Gasteiger partial charge in [-0.2, -0.15) is 4.98 Å². The highest BCUT2D eigenvalue weighted by Crippen LogP contribution is 2.24. The van der Waals surface area contributed by atoms with Crippen molar-refractivity contribution in [2.24, 2.45) is 5.14 Å². The first-order valence-corrected chi connectivity index (χ1v) is 11.2. The van der Waals surface area contributed by atoms with Gasteiger partial charge in [-0.1, -0.05) is 17.9 Å². The fourth-order valence-electron chi connectivity index (χ4n) is 2.98. The van der Waals surface area contributed by atoms with Crippen LogP contribution in [0.15, 0.2) is 53.6 Å². The molecule has 4 N–H and O–H groups in total. The molecule has 1 aromatic heterocycles. The number of aromatic nitrogens is 2. The Labute approximate surface area is 192 Å². The highest BCUT2D eigenvalue weighted by Gasteiger charge is 2.14. The molecule has 0 fully saturated rings. The minimum atomic E-state index is -3.90. The number of hydrogen-bond donors (Lipinski definition) is 3. The zero-order valence-electron chi connectivity index (χ0n) is 17.7. The third kappa shape index (κ3) is 5.98. The maximum absolute atomic E-state index is 14.3. The van der Waals surface area contributed by atoms with Crippen molar-refractivity contribution in [1.29, 1.82) is 0 Å². The number of terminal acetylenes is 2. The second kappa shape index (κ2) is 10.0. The topological polar surface area (TPSA) is 113 Å². The summed E-state index contributed by atoms with van der Waals surface area (Å²) in [6.45, 7) is 2.35. The number of nitrogens with one attached hydrogen (secondary N) is 2. The summed E-state index contributed by atoms with van der Waals surface area (Å²) in [6.07, 6.45) is 11.8. The van der Waals surface area contributed by atoms with Gasteiger partial charge in [0.1, 0.15) is 0 Å². The Kier molecular flexibility index (Phi) is 7.13. The van der Waals surface area contributed by atoms with E-state index in [1.165, 1.54) is 6.07 Å². The molecule has 0 bridgehead atoms. The predicted octanol–water partition coefficient (Wildman–Crippen LogP) is 3.13. The van der Waals surface area contributed by atoms with Crippen LogP contribution in [0.5, 0.6) is 0 Å². The molecular formula is C23H21FN6O2S. The zero-order valence-corrected chi connectivity index (χ0v) is 18.5. The summed E-state index contributed by atoms with van der Waals surface area (Å²) < 4.78 is 37.8. The molecule has 0 atom stereocenters. The van der Waals surface area contributed by atoms with Crippen LogP contribution in [0, 0.1) is 37.4 Å². The van der Waals surface area contributed by atoms with Gasteiger partial charge in [0.05, 0.1) is 24.2 Å². The van der Waals surface area contributed by atoms with Crippen molar-refractivity contribution in [3.8, 4) is 24.7 Å². The Morgan fingerprint density at radius 1 is 1.06 bits per heavy atom. The van der Waals surface area contributed by atoms with Crippen molar-refractivity contribution >= 4 is 38.9 Å². The maximum atomic E-state index is 14.3. The van der Waals surface area contributed by atoms with Gasteiger partial charge in [0.15, 0.2) is 11.6 Å². The van der Waals surface area contributed by atoms with Gasteiger partial charge in [-0.3, -0.25) is 0 Å². The van der Waals surface area contributed by atoms with Gasteiger partial charge < -0.3 is 15.5 Å². The average molecular weight is 465 g/mol. The lowest BCUT2D eigenvalue weighted by molar-refractivity contribution is 0.597. The van der Waals surface area contributed by atoms with Gasteiger partial charge in [0.2, 0.25) is 16.0 Å². The lowest BCUT2D eigenvalue weighted by Crippen LogP contribution is -2.23. The quantitative estimate of drug-likeness (QED) is 0.439. The predicted molar refractivity (Wildman–Crippen MR) is 127 cm³/mol. The van der Waals surface area contributed by atoms with Gasteiger partial charge >= 0.3 is 0 Å². The van der Waals surface area contributed by atoms with Crippen LogP contribution in [0.1, 0.15) is 5.56 Å². The number of nitrogens with zero attached hydrogens (tertiary/aromatic N) is 3. The van der Waals surface area contributed by atoms with Crippen LogP contribution in [0.4, 0.5) is 33.2 Å². The molecule has 3 aromatic rings. The molecular weight excluding hydrogens is 443 g/mol. The third-order valence-corrected chi connectivity index (χ3v) is 5.61. The van der Waals surface area contributed by atoms with Crippen LogP contribution in [0.25, 0.3) is 0 Å². The first kappa shape index (κ1) is 23.5. The maximum Gasteiger partial charge on any atom is 0.238 e. The minimum Gasteiger partial charge on any atom is -0.349 e. The summed E-state index contributed by atoms with van der Waals surface area (Å²) in [4.78, 5) is 9.86. The molecule has 2 aromatic carbocycles. The van der Waals surface area contributed by atoms with Crippen LogP contribution in [0.3, 0.4) is 0 Å². The molecule has 0 radical (unpaired) electrons. The molecule has 0 aliphatic carbocycles. The number of benzene rings is 2. The van der Waals surface area contributed by atoms with Crippen molar-refractivity contribution in [2.75, 3.05) is 28.6 Å². The fraction of sp³-hybridized carbons (Fsp3) is 0.130. The van der Waals surface area contributed by atoms with E-state index in [-0.39, 0.29) is 16.7 Å². The molecule has 1 heterocycles. The van der Waals surface area contributed by atoms with Crippen LogP contribution in [-0.2, 0) is 10.0 Å². The lowest BCUT2D eigenvalue weighted by Gasteiger charge is -2.20. The summed E-state index contributed by atoms with van der Waals surface area (Å²) in [5, 5.41) is 11.0. The normalized spacial score (nSPS) is 10.7. The second-order valence-electron chi connectivity index (χ2n) is 6.98. The molecule has 0 unspecified atom stereocenters. The third-order valence-electron chi connectivity index (χ3n) is 4.55. The smallest absolute Gasteiger partial charge is 0.238 e. The molecule has 3 rings (SSSR count). The first-order chi connectivity index (χ1) is 15.7. The summed E-state index contributed by atoms with van der Waals surface area (Å²) >= 11 is 0. The van der Waals surface area contributed by atoms with E-state index in [4.69, 9.17) is 18.0 Å². The molecule has 0 amide bonds. The number of hydrogen-bond acceptors (Lipinski definition) is 7. The highest BCUT2D eigenvalue weighted by atomic mass is 32.2.